The Hall–Kier alpha value is -1.80. The molecule has 12 heteroatoms. The van der Waals surface area contributed by atoms with Crippen molar-refractivity contribution < 1.29 is 59.2 Å². The lowest BCUT2D eigenvalue weighted by Crippen LogP contribution is -2.61. The first kappa shape index (κ1) is 30.7. The highest BCUT2D eigenvalue weighted by atomic mass is 16.8. The Morgan fingerprint density at radius 1 is 1.11 bits per heavy atom. The van der Waals surface area contributed by atoms with Crippen LogP contribution >= 0.6 is 0 Å². The van der Waals surface area contributed by atoms with Crippen LogP contribution in [0.2, 0.25) is 0 Å². The first-order valence-corrected chi connectivity index (χ1v) is 13.3. The Bertz CT molecular complexity index is 844. The van der Waals surface area contributed by atoms with Crippen molar-refractivity contribution in [1.82, 2.24) is 0 Å². The minimum absolute atomic E-state index is 0.00922. The number of carbonyl (C=O) groups excluding carboxylic acids is 1. The summed E-state index contributed by atoms with van der Waals surface area (Å²) >= 11 is 0. The number of aliphatic carboxylic acids is 1. The zero-order chi connectivity index (χ0) is 28.2. The highest BCUT2D eigenvalue weighted by molar-refractivity contribution is 5.87. The number of esters is 1. The minimum atomic E-state index is -1.69. The van der Waals surface area contributed by atoms with Gasteiger partial charge in [0.05, 0.1) is 29.3 Å². The predicted octanol–water partition coefficient (Wildman–Crippen LogP) is 0.281. The van der Waals surface area contributed by atoms with Crippen molar-refractivity contribution in [2.45, 2.75) is 102 Å². The van der Waals surface area contributed by atoms with Gasteiger partial charge in [-0.2, -0.15) is 0 Å². The second-order valence-corrected chi connectivity index (χ2v) is 11.1. The normalized spacial score (nSPS) is 38.5. The Kier molecular flexibility index (Phi) is 10.5. The smallest absolute Gasteiger partial charge is 0.334 e. The van der Waals surface area contributed by atoms with Crippen LogP contribution in [0.5, 0.6) is 0 Å². The van der Waals surface area contributed by atoms with Crippen LogP contribution in [0.4, 0.5) is 0 Å². The molecule has 38 heavy (non-hydrogen) atoms. The van der Waals surface area contributed by atoms with Crippen LogP contribution in [-0.2, 0) is 28.5 Å². The second-order valence-electron chi connectivity index (χ2n) is 11.1. The maximum atomic E-state index is 12.5. The van der Waals surface area contributed by atoms with Gasteiger partial charge in [-0.3, -0.25) is 4.79 Å². The Labute approximate surface area is 222 Å². The molecule has 1 saturated heterocycles. The number of carbonyl (C=O) groups is 2. The summed E-state index contributed by atoms with van der Waals surface area (Å²) in [5.74, 6) is -3.06. The molecule has 11 atom stereocenters. The molecule has 3 aliphatic rings. The molecule has 0 spiro atoms. The van der Waals surface area contributed by atoms with E-state index in [1.165, 1.54) is 0 Å². The SMILES string of the molecule is CC(CCO)CCCC(C)C(=O)OC[C@H]1O[C@@H](O[C@@H]2OC=C(C(=O)O)C3CCC(C)(O)C32)[C@H](O)[C@@H](O)[C@@H]1O. The van der Waals surface area contributed by atoms with Crippen LogP contribution in [0, 0.1) is 23.7 Å². The van der Waals surface area contributed by atoms with E-state index in [0.717, 1.165) is 19.1 Å². The first-order chi connectivity index (χ1) is 17.9. The minimum Gasteiger partial charge on any atom is -0.478 e. The number of aliphatic hydroxyl groups is 5. The number of carboxylic acid groups (broad SMARTS) is 1. The molecule has 0 aromatic heterocycles. The number of aliphatic hydroxyl groups excluding tert-OH is 4. The van der Waals surface area contributed by atoms with Gasteiger partial charge in [-0.15, -0.1) is 0 Å². The lowest BCUT2D eigenvalue weighted by molar-refractivity contribution is -0.346. The van der Waals surface area contributed by atoms with Gasteiger partial charge in [-0.25, -0.2) is 4.79 Å². The number of ether oxygens (including phenoxy) is 4. The lowest BCUT2D eigenvalue weighted by Gasteiger charge is -2.44. The third kappa shape index (κ3) is 7.04. The zero-order valence-electron chi connectivity index (χ0n) is 22.1. The average Bonchev–Trinajstić information content (AvgIpc) is 3.18. The summed E-state index contributed by atoms with van der Waals surface area (Å²) in [6, 6.07) is 0. The van der Waals surface area contributed by atoms with Gasteiger partial charge in [0.25, 0.3) is 0 Å². The quantitative estimate of drug-likeness (QED) is 0.183. The summed E-state index contributed by atoms with van der Waals surface area (Å²) in [5.41, 5.74) is -1.31. The van der Waals surface area contributed by atoms with E-state index >= 15 is 0 Å². The molecule has 0 bridgehead atoms. The van der Waals surface area contributed by atoms with Crippen molar-refractivity contribution in [3.05, 3.63) is 11.8 Å². The Morgan fingerprint density at radius 2 is 1.82 bits per heavy atom. The average molecular weight is 547 g/mol. The van der Waals surface area contributed by atoms with Crippen LogP contribution in [0.3, 0.4) is 0 Å². The Morgan fingerprint density at radius 3 is 2.47 bits per heavy atom. The fourth-order valence-corrected chi connectivity index (χ4v) is 5.56. The number of fused-ring (bicyclic) bond motifs is 1. The molecule has 0 amide bonds. The molecule has 5 unspecified atom stereocenters. The maximum Gasteiger partial charge on any atom is 0.334 e. The van der Waals surface area contributed by atoms with E-state index in [1.54, 1.807) is 13.8 Å². The lowest BCUT2D eigenvalue weighted by atomic mass is 9.81. The molecule has 1 saturated carbocycles. The van der Waals surface area contributed by atoms with Crippen LogP contribution < -0.4 is 0 Å². The van der Waals surface area contributed by atoms with Gasteiger partial charge in [0.2, 0.25) is 6.29 Å². The van der Waals surface area contributed by atoms with Crippen LogP contribution in [-0.4, -0.2) is 98.4 Å². The summed E-state index contributed by atoms with van der Waals surface area (Å²) in [7, 11) is 0. The fourth-order valence-electron chi connectivity index (χ4n) is 5.56. The first-order valence-electron chi connectivity index (χ1n) is 13.3. The molecule has 3 rings (SSSR count). The molecular formula is C26H42O12. The van der Waals surface area contributed by atoms with Gasteiger partial charge < -0.3 is 49.6 Å². The van der Waals surface area contributed by atoms with Crippen molar-refractivity contribution in [2.75, 3.05) is 13.2 Å². The zero-order valence-corrected chi connectivity index (χ0v) is 22.1. The van der Waals surface area contributed by atoms with Crippen LogP contribution in [0.15, 0.2) is 11.8 Å². The van der Waals surface area contributed by atoms with Gasteiger partial charge in [0, 0.05) is 12.5 Å². The number of hydrogen-bond acceptors (Lipinski definition) is 11. The molecule has 0 aromatic rings. The van der Waals surface area contributed by atoms with E-state index < -0.39 is 78.9 Å². The summed E-state index contributed by atoms with van der Waals surface area (Å²) in [5, 5.41) is 60.7. The molecule has 12 nitrogen and oxygen atoms in total. The molecule has 1 aliphatic carbocycles. The number of carboxylic acids is 1. The number of rotatable bonds is 12. The van der Waals surface area contributed by atoms with Gasteiger partial charge in [0.1, 0.15) is 31.0 Å². The van der Waals surface area contributed by atoms with Gasteiger partial charge >= 0.3 is 11.9 Å². The monoisotopic (exact) mass is 546 g/mol. The molecule has 218 valence electrons. The molecular weight excluding hydrogens is 504 g/mol. The maximum absolute atomic E-state index is 12.5. The van der Waals surface area contributed by atoms with Gasteiger partial charge in [0.15, 0.2) is 6.29 Å². The summed E-state index contributed by atoms with van der Waals surface area (Å²) in [6.45, 7) is 5.04. The summed E-state index contributed by atoms with van der Waals surface area (Å²) in [6.07, 6.45) is -4.16. The van der Waals surface area contributed by atoms with E-state index in [1.807, 2.05) is 6.92 Å². The van der Waals surface area contributed by atoms with E-state index in [4.69, 9.17) is 24.1 Å². The largest absolute Gasteiger partial charge is 0.478 e. The van der Waals surface area contributed by atoms with Gasteiger partial charge in [-0.1, -0.05) is 26.7 Å². The molecule has 0 radical (unpaired) electrons. The second kappa shape index (κ2) is 13.0. The van der Waals surface area contributed by atoms with Crippen LogP contribution in [0.1, 0.15) is 59.3 Å². The summed E-state index contributed by atoms with van der Waals surface area (Å²) < 4.78 is 22.3. The topological polar surface area (TPSA) is 192 Å². The molecule has 2 aliphatic heterocycles. The van der Waals surface area contributed by atoms with Crippen molar-refractivity contribution in [3.8, 4) is 0 Å². The highest BCUT2D eigenvalue weighted by Crippen LogP contribution is 2.49. The molecule has 2 heterocycles. The van der Waals surface area contributed by atoms with E-state index in [9.17, 15) is 35.1 Å². The van der Waals surface area contributed by atoms with Crippen molar-refractivity contribution in [1.29, 1.82) is 0 Å². The van der Waals surface area contributed by atoms with E-state index in [-0.39, 0.29) is 12.2 Å². The van der Waals surface area contributed by atoms with Crippen molar-refractivity contribution in [3.63, 3.8) is 0 Å². The summed E-state index contributed by atoms with van der Waals surface area (Å²) in [4.78, 5) is 24.1. The number of hydrogen-bond donors (Lipinski definition) is 6. The van der Waals surface area contributed by atoms with Crippen molar-refractivity contribution in [2.24, 2.45) is 23.7 Å². The molecule has 6 N–H and O–H groups in total. The highest BCUT2D eigenvalue weighted by Gasteiger charge is 2.56. The third-order valence-corrected chi connectivity index (χ3v) is 8.07. The Balaban J connectivity index is 1.59. The van der Waals surface area contributed by atoms with Gasteiger partial charge in [-0.05, 0) is 38.5 Å². The third-order valence-electron chi connectivity index (χ3n) is 8.07. The van der Waals surface area contributed by atoms with Crippen molar-refractivity contribution >= 4 is 11.9 Å². The standard InChI is InChI=1S/C26H42O12/c1-13(8-10-27)5-4-6-14(2)23(33)35-12-17-19(28)20(29)21(30)25(37-17)38-24-18-15(7-9-26(18,3)34)16(11-36-24)22(31)32/h11,13-15,17-21,24-25,27-30,34H,4-10,12H2,1-3H3,(H,31,32)/t13?,14?,15?,17-,18?,19-,20+,21-,24+,25+,26?/m1/s1. The fraction of sp³-hybridized carbons (Fsp3) is 0.846. The van der Waals surface area contributed by atoms with E-state index in [0.29, 0.717) is 31.6 Å². The van der Waals surface area contributed by atoms with Crippen LogP contribution in [0.25, 0.3) is 0 Å². The molecule has 2 fully saturated rings. The molecule has 0 aromatic carbocycles. The predicted molar refractivity (Wildman–Crippen MR) is 130 cm³/mol. The van der Waals surface area contributed by atoms with E-state index in [2.05, 4.69) is 0 Å².